The third-order valence-electron chi connectivity index (χ3n) is 2.48. The fourth-order valence-electron chi connectivity index (χ4n) is 1.69. The molecule has 0 atom stereocenters. The second-order valence-corrected chi connectivity index (χ2v) is 6.03. The number of benzene rings is 1. The summed E-state index contributed by atoms with van der Waals surface area (Å²) in [5.41, 5.74) is 1.31. The van der Waals surface area contributed by atoms with Crippen molar-refractivity contribution in [2.75, 3.05) is 0 Å². The zero-order chi connectivity index (χ0) is 12.5. The summed E-state index contributed by atoms with van der Waals surface area (Å²) in [6.45, 7) is 2.68. The van der Waals surface area contributed by atoms with Gasteiger partial charge in [-0.05, 0) is 13.0 Å². The molecular formula is C11H11ClN2O2S. The lowest BCUT2D eigenvalue weighted by atomic mass is 10.1. The topological polar surface area (TPSA) is 52.0 Å². The zero-order valence-corrected chi connectivity index (χ0v) is 10.7. The van der Waals surface area contributed by atoms with Crippen LogP contribution in [0.3, 0.4) is 0 Å². The predicted molar refractivity (Wildman–Crippen MR) is 66.4 cm³/mol. The molecule has 1 aromatic heterocycles. The quantitative estimate of drug-likeness (QED) is 0.805. The average molecular weight is 271 g/mol. The smallest absolute Gasteiger partial charge is 0.261 e. The molecule has 2 aromatic rings. The van der Waals surface area contributed by atoms with E-state index in [4.69, 9.17) is 10.7 Å². The molecule has 2 rings (SSSR count). The Morgan fingerprint density at radius 1 is 1.35 bits per heavy atom. The maximum atomic E-state index is 11.5. The van der Waals surface area contributed by atoms with Crippen LogP contribution in [0, 0.1) is 0 Å². The molecule has 0 N–H and O–H groups in total. The lowest BCUT2D eigenvalue weighted by Gasteiger charge is -2.08. The number of aryl methyl sites for hydroxylation is 1. The molecule has 0 saturated carbocycles. The first-order valence-electron chi connectivity index (χ1n) is 5.08. The van der Waals surface area contributed by atoms with E-state index in [1.807, 2.05) is 11.5 Å². The van der Waals surface area contributed by atoms with Crippen molar-refractivity contribution in [1.82, 2.24) is 9.55 Å². The fourth-order valence-corrected chi connectivity index (χ4v) is 2.77. The molecule has 0 aliphatic heterocycles. The van der Waals surface area contributed by atoms with Crippen LogP contribution < -0.4 is 0 Å². The van der Waals surface area contributed by atoms with E-state index in [0.717, 1.165) is 5.69 Å². The Balaban J connectivity index is 2.69. The Kier molecular flexibility index (Phi) is 3.22. The number of rotatable bonds is 3. The van der Waals surface area contributed by atoms with Crippen LogP contribution in [0.4, 0.5) is 0 Å². The summed E-state index contributed by atoms with van der Waals surface area (Å²) >= 11 is 0. The standard InChI is InChI=1S/C11H11ClN2O2S/c1-2-14-8-13-7-10(14)9-5-3-4-6-11(9)17(12,15)16/h3-8H,2H2,1H3. The SMILES string of the molecule is CCn1cncc1-c1ccccc1S(=O)(=O)Cl. The molecular weight excluding hydrogens is 260 g/mol. The van der Waals surface area contributed by atoms with Crippen molar-refractivity contribution in [2.45, 2.75) is 18.4 Å². The molecule has 0 amide bonds. The van der Waals surface area contributed by atoms with Gasteiger partial charge in [-0.15, -0.1) is 0 Å². The number of imidazole rings is 1. The minimum absolute atomic E-state index is 0.108. The van der Waals surface area contributed by atoms with Crippen molar-refractivity contribution in [3.05, 3.63) is 36.8 Å². The molecule has 0 aliphatic rings. The largest absolute Gasteiger partial charge is 0.331 e. The minimum atomic E-state index is -3.75. The summed E-state index contributed by atoms with van der Waals surface area (Å²) in [5.74, 6) is 0. The number of halogens is 1. The average Bonchev–Trinajstić information content (AvgIpc) is 2.75. The first-order chi connectivity index (χ1) is 8.04. The first-order valence-corrected chi connectivity index (χ1v) is 7.39. The van der Waals surface area contributed by atoms with Gasteiger partial charge >= 0.3 is 0 Å². The van der Waals surface area contributed by atoms with Crippen molar-refractivity contribution in [3.63, 3.8) is 0 Å². The molecule has 1 heterocycles. The van der Waals surface area contributed by atoms with Gasteiger partial charge in [-0.3, -0.25) is 0 Å². The van der Waals surface area contributed by atoms with Crippen LogP contribution in [0.15, 0.2) is 41.7 Å². The Labute approximate surface area is 104 Å². The highest BCUT2D eigenvalue weighted by Crippen LogP contribution is 2.29. The van der Waals surface area contributed by atoms with Crippen LogP contribution in [0.5, 0.6) is 0 Å². The van der Waals surface area contributed by atoms with Gasteiger partial charge in [0.25, 0.3) is 9.05 Å². The van der Waals surface area contributed by atoms with E-state index in [2.05, 4.69) is 4.98 Å². The van der Waals surface area contributed by atoms with Gasteiger partial charge in [0.05, 0.1) is 23.1 Å². The van der Waals surface area contributed by atoms with Gasteiger partial charge in [0.1, 0.15) is 0 Å². The number of aromatic nitrogens is 2. The summed E-state index contributed by atoms with van der Waals surface area (Å²) < 4.78 is 24.8. The molecule has 0 spiro atoms. The van der Waals surface area contributed by atoms with Crippen LogP contribution in [0.1, 0.15) is 6.92 Å². The molecule has 0 bridgehead atoms. The molecule has 17 heavy (non-hydrogen) atoms. The number of hydrogen-bond donors (Lipinski definition) is 0. The Morgan fingerprint density at radius 3 is 2.71 bits per heavy atom. The fraction of sp³-hybridized carbons (Fsp3) is 0.182. The van der Waals surface area contributed by atoms with Crippen molar-refractivity contribution in [2.24, 2.45) is 0 Å². The molecule has 6 heteroatoms. The number of nitrogens with zero attached hydrogens (tertiary/aromatic N) is 2. The van der Waals surface area contributed by atoms with Gasteiger partial charge in [0.2, 0.25) is 0 Å². The normalized spacial score (nSPS) is 11.6. The van der Waals surface area contributed by atoms with Crippen LogP contribution in [0.2, 0.25) is 0 Å². The van der Waals surface area contributed by atoms with E-state index in [0.29, 0.717) is 12.1 Å². The predicted octanol–water partition coefficient (Wildman–Crippen LogP) is 2.50. The Morgan fingerprint density at radius 2 is 2.06 bits per heavy atom. The van der Waals surface area contributed by atoms with Gasteiger partial charge in [0.15, 0.2) is 0 Å². The van der Waals surface area contributed by atoms with Gasteiger partial charge in [-0.2, -0.15) is 0 Å². The van der Waals surface area contributed by atoms with Crippen molar-refractivity contribution < 1.29 is 8.42 Å². The van der Waals surface area contributed by atoms with Crippen LogP contribution in [0.25, 0.3) is 11.3 Å². The molecule has 0 aliphatic carbocycles. The van der Waals surface area contributed by atoms with Gasteiger partial charge < -0.3 is 4.57 Å². The summed E-state index contributed by atoms with van der Waals surface area (Å²) in [7, 11) is 1.67. The van der Waals surface area contributed by atoms with E-state index >= 15 is 0 Å². The Hall–Kier alpha value is -1.33. The number of hydrogen-bond acceptors (Lipinski definition) is 3. The molecule has 90 valence electrons. The van der Waals surface area contributed by atoms with E-state index < -0.39 is 9.05 Å². The van der Waals surface area contributed by atoms with Gasteiger partial charge in [0, 0.05) is 22.8 Å². The van der Waals surface area contributed by atoms with Crippen LogP contribution in [-0.2, 0) is 15.6 Å². The highest BCUT2D eigenvalue weighted by atomic mass is 35.7. The molecule has 0 unspecified atom stereocenters. The monoisotopic (exact) mass is 270 g/mol. The third kappa shape index (κ3) is 2.35. The van der Waals surface area contributed by atoms with Gasteiger partial charge in [-0.25, -0.2) is 13.4 Å². The molecule has 0 fully saturated rings. The first kappa shape index (κ1) is 12.1. The summed E-state index contributed by atoms with van der Waals surface area (Å²) in [5, 5.41) is 0. The highest BCUT2D eigenvalue weighted by molar-refractivity contribution is 8.13. The molecule has 0 radical (unpaired) electrons. The zero-order valence-electron chi connectivity index (χ0n) is 9.17. The van der Waals surface area contributed by atoms with E-state index in [9.17, 15) is 8.42 Å². The molecule has 0 saturated heterocycles. The van der Waals surface area contributed by atoms with E-state index in [1.165, 1.54) is 6.07 Å². The second kappa shape index (κ2) is 4.50. The summed E-state index contributed by atoms with van der Waals surface area (Å²) in [6, 6.07) is 6.63. The maximum Gasteiger partial charge on any atom is 0.261 e. The Bertz CT molecular complexity index is 634. The third-order valence-corrected chi connectivity index (χ3v) is 3.86. The van der Waals surface area contributed by atoms with E-state index in [-0.39, 0.29) is 4.90 Å². The minimum Gasteiger partial charge on any atom is -0.331 e. The van der Waals surface area contributed by atoms with Gasteiger partial charge in [-0.1, -0.05) is 18.2 Å². The van der Waals surface area contributed by atoms with Crippen molar-refractivity contribution >= 4 is 19.7 Å². The maximum absolute atomic E-state index is 11.5. The molecule has 4 nitrogen and oxygen atoms in total. The van der Waals surface area contributed by atoms with Crippen LogP contribution >= 0.6 is 10.7 Å². The lowest BCUT2D eigenvalue weighted by Crippen LogP contribution is -1.99. The highest BCUT2D eigenvalue weighted by Gasteiger charge is 2.17. The van der Waals surface area contributed by atoms with Crippen molar-refractivity contribution in [1.29, 1.82) is 0 Å². The van der Waals surface area contributed by atoms with Crippen molar-refractivity contribution in [3.8, 4) is 11.3 Å². The second-order valence-electron chi connectivity index (χ2n) is 3.50. The summed E-state index contributed by atoms with van der Waals surface area (Å²) in [4.78, 5) is 4.13. The van der Waals surface area contributed by atoms with E-state index in [1.54, 1.807) is 30.7 Å². The summed E-state index contributed by atoms with van der Waals surface area (Å²) in [6.07, 6.45) is 3.29. The lowest BCUT2D eigenvalue weighted by molar-refractivity contribution is 0.609. The molecule has 1 aromatic carbocycles. The van der Waals surface area contributed by atoms with Crippen LogP contribution in [-0.4, -0.2) is 18.0 Å².